The van der Waals surface area contributed by atoms with Gasteiger partial charge < -0.3 is 15.4 Å². The number of rotatable bonds is 11. The van der Waals surface area contributed by atoms with Crippen molar-refractivity contribution in [2.75, 3.05) is 26.7 Å². The number of unbranched alkanes of at least 4 members (excludes halogenated alkanes) is 3. The van der Waals surface area contributed by atoms with Crippen molar-refractivity contribution in [3.05, 3.63) is 22.4 Å². The van der Waals surface area contributed by atoms with Crippen LogP contribution in [0.25, 0.3) is 0 Å². The molecule has 25 heavy (non-hydrogen) atoms. The van der Waals surface area contributed by atoms with Crippen molar-refractivity contribution < 1.29 is 9.53 Å². The molecule has 2 N–H and O–H groups in total. The van der Waals surface area contributed by atoms with Gasteiger partial charge in [-0.15, -0.1) is 11.3 Å². The maximum absolute atomic E-state index is 11.0. The van der Waals surface area contributed by atoms with E-state index in [0.717, 1.165) is 51.3 Å². The summed E-state index contributed by atoms with van der Waals surface area (Å²) in [5.74, 6) is 0.759. The Labute approximate surface area is 156 Å². The number of esters is 1. The minimum atomic E-state index is -0.118. The van der Waals surface area contributed by atoms with Gasteiger partial charge in [-0.3, -0.25) is 9.79 Å². The lowest BCUT2D eigenvalue weighted by molar-refractivity contribution is -0.140. The molecule has 0 bridgehead atoms. The number of aliphatic imine (C=N–C) groups is 1. The van der Waals surface area contributed by atoms with Crippen LogP contribution >= 0.6 is 11.3 Å². The second kappa shape index (κ2) is 11.9. The van der Waals surface area contributed by atoms with Crippen LogP contribution in [-0.2, 0) is 14.9 Å². The number of thiophene rings is 1. The summed E-state index contributed by atoms with van der Waals surface area (Å²) in [7, 11) is 1.44. The Balaban J connectivity index is 2.30. The van der Waals surface area contributed by atoms with Gasteiger partial charge in [0.2, 0.25) is 0 Å². The van der Waals surface area contributed by atoms with Gasteiger partial charge in [-0.2, -0.15) is 0 Å². The molecule has 0 amide bonds. The van der Waals surface area contributed by atoms with Crippen LogP contribution in [0, 0.1) is 0 Å². The highest BCUT2D eigenvalue weighted by Crippen LogP contribution is 2.27. The van der Waals surface area contributed by atoms with Crippen LogP contribution in [0.2, 0.25) is 0 Å². The minimum Gasteiger partial charge on any atom is -0.469 e. The third-order valence-electron chi connectivity index (χ3n) is 3.99. The second-order valence-corrected chi connectivity index (χ2v) is 7.67. The summed E-state index contributed by atoms with van der Waals surface area (Å²) in [6.07, 6.45) is 4.64. The summed E-state index contributed by atoms with van der Waals surface area (Å²) in [6.45, 7) is 9.03. The van der Waals surface area contributed by atoms with Gasteiger partial charge in [0.15, 0.2) is 5.96 Å². The fraction of sp³-hybridized carbons (Fsp3) is 0.684. The zero-order valence-electron chi connectivity index (χ0n) is 16.1. The molecule has 1 rings (SSSR count). The molecule has 0 aromatic carbocycles. The first-order valence-electron chi connectivity index (χ1n) is 9.12. The quantitative estimate of drug-likeness (QED) is 0.271. The van der Waals surface area contributed by atoms with E-state index in [4.69, 9.17) is 4.99 Å². The topological polar surface area (TPSA) is 62.7 Å². The van der Waals surface area contributed by atoms with Crippen LogP contribution in [-0.4, -0.2) is 38.7 Å². The molecule has 0 atom stereocenters. The SMILES string of the molecule is CCNC(=NCC(C)(C)c1cccs1)NCCCCCCC(=O)OC. The highest BCUT2D eigenvalue weighted by molar-refractivity contribution is 7.10. The lowest BCUT2D eigenvalue weighted by Crippen LogP contribution is -2.38. The highest BCUT2D eigenvalue weighted by atomic mass is 32.1. The minimum absolute atomic E-state index is 0.0460. The van der Waals surface area contributed by atoms with Gasteiger partial charge in [0.1, 0.15) is 0 Å². The van der Waals surface area contributed by atoms with Gasteiger partial charge in [-0.1, -0.05) is 32.8 Å². The molecule has 142 valence electrons. The Morgan fingerprint density at radius 3 is 2.64 bits per heavy atom. The standard InChI is InChI=1S/C19H33N3O2S/c1-5-20-18(21-13-9-7-6-8-12-17(23)24-4)22-15-19(2,3)16-11-10-14-25-16/h10-11,14H,5-9,12-13,15H2,1-4H3,(H2,20,21,22). The van der Waals surface area contributed by atoms with Crippen molar-refractivity contribution in [1.82, 2.24) is 10.6 Å². The van der Waals surface area contributed by atoms with Crippen molar-refractivity contribution in [1.29, 1.82) is 0 Å². The fourth-order valence-electron chi connectivity index (χ4n) is 2.42. The lowest BCUT2D eigenvalue weighted by atomic mass is 9.92. The number of hydrogen-bond acceptors (Lipinski definition) is 4. The summed E-state index contributed by atoms with van der Waals surface area (Å²) >= 11 is 1.78. The molecule has 0 unspecified atom stereocenters. The van der Waals surface area contributed by atoms with Crippen molar-refractivity contribution in [2.24, 2.45) is 4.99 Å². The average Bonchev–Trinajstić information content (AvgIpc) is 3.14. The lowest BCUT2D eigenvalue weighted by Gasteiger charge is -2.21. The maximum atomic E-state index is 11.0. The molecule has 0 spiro atoms. The number of hydrogen-bond donors (Lipinski definition) is 2. The Morgan fingerprint density at radius 2 is 2.00 bits per heavy atom. The third kappa shape index (κ3) is 8.91. The Kier molecular flexibility index (Phi) is 10.2. The number of carbonyl (C=O) groups excluding carboxylic acids is 1. The molecular weight excluding hydrogens is 334 g/mol. The predicted octanol–water partition coefficient (Wildman–Crippen LogP) is 3.70. The van der Waals surface area contributed by atoms with E-state index >= 15 is 0 Å². The van der Waals surface area contributed by atoms with E-state index in [1.165, 1.54) is 12.0 Å². The van der Waals surface area contributed by atoms with Crippen molar-refractivity contribution >= 4 is 23.3 Å². The highest BCUT2D eigenvalue weighted by Gasteiger charge is 2.21. The molecule has 5 nitrogen and oxygen atoms in total. The number of methoxy groups -OCH3 is 1. The molecular formula is C19H33N3O2S. The normalized spacial score (nSPS) is 12.1. The first kappa shape index (κ1) is 21.5. The molecule has 0 aliphatic carbocycles. The first-order valence-corrected chi connectivity index (χ1v) is 10.0. The third-order valence-corrected chi connectivity index (χ3v) is 5.23. The zero-order chi connectivity index (χ0) is 18.5. The van der Waals surface area contributed by atoms with Gasteiger partial charge in [0.25, 0.3) is 0 Å². The molecule has 6 heteroatoms. The monoisotopic (exact) mass is 367 g/mol. The summed E-state index contributed by atoms with van der Waals surface area (Å²) in [5, 5.41) is 8.82. The zero-order valence-corrected chi connectivity index (χ0v) is 16.9. The summed E-state index contributed by atoms with van der Waals surface area (Å²) < 4.78 is 4.64. The van der Waals surface area contributed by atoms with E-state index in [-0.39, 0.29) is 11.4 Å². The van der Waals surface area contributed by atoms with Crippen LogP contribution in [0.1, 0.15) is 57.8 Å². The Bertz CT molecular complexity index is 513. The van der Waals surface area contributed by atoms with E-state index < -0.39 is 0 Å². The summed E-state index contributed by atoms with van der Waals surface area (Å²) in [6, 6.07) is 4.27. The first-order chi connectivity index (χ1) is 12.0. The van der Waals surface area contributed by atoms with E-state index in [1.54, 1.807) is 11.3 Å². The molecule has 0 saturated heterocycles. The van der Waals surface area contributed by atoms with E-state index in [0.29, 0.717) is 6.42 Å². The molecule has 0 aliphatic rings. The number of nitrogens with zero attached hydrogens (tertiary/aromatic N) is 1. The van der Waals surface area contributed by atoms with Crippen LogP contribution in [0.3, 0.4) is 0 Å². The smallest absolute Gasteiger partial charge is 0.305 e. The van der Waals surface area contributed by atoms with Gasteiger partial charge in [0.05, 0.1) is 13.7 Å². The molecule has 0 aliphatic heterocycles. The van der Waals surface area contributed by atoms with Crippen molar-refractivity contribution in [3.8, 4) is 0 Å². The average molecular weight is 368 g/mol. The van der Waals surface area contributed by atoms with Gasteiger partial charge in [-0.25, -0.2) is 0 Å². The van der Waals surface area contributed by atoms with Gasteiger partial charge in [-0.05, 0) is 31.2 Å². The molecule has 1 aromatic rings. The molecule has 0 radical (unpaired) electrons. The Hall–Kier alpha value is -1.56. The Morgan fingerprint density at radius 1 is 1.24 bits per heavy atom. The van der Waals surface area contributed by atoms with Crippen LogP contribution in [0.15, 0.2) is 22.5 Å². The molecule has 1 aromatic heterocycles. The molecule has 0 saturated carbocycles. The van der Waals surface area contributed by atoms with Gasteiger partial charge in [0, 0.05) is 29.8 Å². The molecule has 0 fully saturated rings. The van der Waals surface area contributed by atoms with E-state index in [1.807, 2.05) is 0 Å². The largest absolute Gasteiger partial charge is 0.469 e. The second-order valence-electron chi connectivity index (χ2n) is 6.72. The molecule has 1 heterocycles. The van der Waals surface area contributed by atoms with E-state index in [2.05, 4.69) is 53.7 Å². The van der Waals surface area contributed by atoms with Gasteiger partial charge >= 0.3 is 5.97 Å². The maximum Gasteiger partial charge on any atom is 0.305 e. The summed E-state index contributed by atoms with van der Waals surface area (Å²) in [4.78, 5) is 17.2. The summed E-state index contributed by atoms with van der Waals surface area (Å²) in [5.41, 5.74) is 0.0460. The van der Waals surface area contributed by atoms with Crippen LogP contribution < -0.4 is 10.6 Å². The number of ether oxygens (including phenoxy) is 1. The number of guanidine groups is 1. The fourth-order valence-corrected chi connectivity index (χ4v) is 3.26. The van der Waals surface area contributed by atoms with Crippen LogP contribution in [0.5, 0.6) is 0 Å². The van der Waals surface area contributed by atoms with Crippen LogP contribution in [0.4, 0.5) is 0 Å². The number of carbonyl (C=O) groups is 1. The van der Waals surface area contributed by atoms with Crippen molar-refractivity contribution in [2.45, 2.75) is 58.3 Å². The van der Waals surface area contributed by atoms with E-state index in [9.17, 15) is 4.79 Å². The number of nitrogens with one attached hydrogen (secondary N) is 2. The van der Waals surface area contributed by atoms with Crippen molar-refractivity contribution in [3.63, 3.8) is 0 Å². The predicted molar refractivity (Wildman–Crippen MR) is 106 cm³/mol.